The maximum absolute atomic E-state index is 10.9. The van der Waals surface area contributed by atoms with Gasteiger partial charge < -0.3 is 0 Å². The molecule has 3 nitrogen and oxygen atoms in total. The van der Waals surface area contributed by atoms with Crippen LogP contribution in [0.5, 0.6) is 0 Å². The third kappa shape index (κ3) is 2.06. The van der Waals surface area contributed by atoms with Gasteiger partial charge in [0.05, 0.1) is 10.8 Å². The van der Waals surface area contributed by atoms with Gasteiger partial charge in [-0.15, -0.1) is 0 Å². The molecule has 0 saturated heterocycles. The smallest absolute Gasteiger partial charge is 0.249 e. The number of nitrogens with zero attached hydrogens (tertiary/aromatic N) is 1. The molecule has 0 fully saturated rings. The van der Waals surface area contributed by atoms with Crippen molar-refractivity contribution in [2.75, 3.05) is 0 Å². The van der Waals surface area contributed by atoms with Gasteiger partial charge in [-0.2, -0.15) is 0 Å². The molecule has 1 atom stereocenters. The van der Waals surface area contributed by atoms with Gasteiger partial charge in [-0.05, 0) is 30.9 Å². The van der Waals surface area contributed by atoms with E-state index in [0.717, 1.165) is 24.8 Å². The molecule has 1 aliphatic carbocycles. The molecule has 1 aromatic rings. The maximum Gasteiger partial charge on any atom is 0.249 e. The minimum absolute atomic E-state index is 0.0186. The summed E-state index contributed by atoms with van der Waals surface area (Å²) in [5.74, 6) is -0.0186. The molecule has 0 aromatic heterocycles. The van der Waals surface area contributed by atoms with Gasteiger partial charge in [-0.1, -0.05) is 30.3 Å². The topological polar surface area (TPSA) is 43.1 Å². The van der Waals surface area contributed by atoms with Crippen molar-refractivity contribution in [3.63, 3.8) is 0 Å². The molecule has 0 N–H and O–H groups in total. The van der Waals surface area contributed by atoms with Crippen molar-refractivity contribution < 1.29 is 4.92 Å². The predicted molar refractivity (Wildman–Crippen MR) is 58.1 cm³/mol. The first-order valence-corrected chi connectivity index (χ1v) is 5.18. The lowest BCUT2D eigenvalue weighted by atomic mass is 9.86. The summed E-state index contributed by atoms with van der Waals surface area (Å²) in [4.78, 5) is 10.6. The Labute approximate surface area is 88.6 Å². The molecule has 0 unspecified atom stereocenters. The zero-order valence-corrected chi connectivity index (χ0v) is 8.43. The highest BCUT2D eigenvalue weighted by Crippen LogP contribution is 2.33. The van der Waals surface area contributed by atoms with E-state index < -0.39 is 0 Å². The van der Waals surface area contributed by atoms with Crippen LogP contribution in [0.15, 0.2) is 42.1 Å². The Bertz CT molecular complexity index is 384. The normalized spacial score (nSPS) is 20.8. The largest absolute Gasteiger partial charge is 0.259 e. The van der Waals surface area contributed by atoms with Gasteiger partial charge in [0.25, 0.3) is 0 Å². The van der Waals surface area contributed by atoms with Crippen LogP contribution in [0.4, 0.5) is 0 Å². The fourth-order valence-electron chi connectivity index (χ4n) is 2.09. The summed E-state index contributed by atoms with van der Waals surface area (Å²) in [6, 6.07) is 9.73. The number of benzene rings is 1. The number of hydrogen-bond acceptors (Lipinski definition) is 2. The van der Waals surface area contributed by atoms with Crippen LogP contribution >= 0.6 is 0 Å². The highest BCUT2D eigenvalue weighted by molar-refractivity contribution is 5.27. The van der Waals surface area contributed by atoms with Gasteiger partial charge in [-0.3, -0.25) is 10.1 Å². The molecule has 0 spiro atoms. The Hall–Kier alpha value is -1.64. The lowest BCUT2D eigenvalue weighted by Gasteiger charge is -2.18. The third-order valence-electron chi connectivity index (χ3n) is 2.82. The van der Waals surface area contributed by atoms with Crippen LogP contribution in [0.3, 0.4) is 0 Å². The molecular weight excluding hydrogens is 190 g/mol. The van der Waals surface area contributed by atoms with Gasteiger partial charge in [-0.25, -0.2) is 0 Å². The fourth-order valence-corrected chi connectivity index (χ4v) is 2.09. The Kier molecular flexibility index (Phi) is 2.81. The van der Waals surface area contributed by atoms with Crippen molar-refractivity contribution in [2.45, 2.75) is 25.2 Å². The van der Waals surface area contributed by atoms with Crippen LogP contribution in [-0.2, 0) is 0 Å². The SMILES string of the molecule is O=[N+]([O-])C1=CCCC[C@H]1c1ccccc1. The van der Waals surface area contributed by atoms with Crippen LogP contribution in [0.2, 0.25) is 0 Å². The van der Waals surface area contributed by atoms with Crippen molar-refractivity contribution >= 4 is 0 Å². The number of rotatable bonds is 2. The molecule has 1 aromatic carbocycles. The molecule has 0 bridgehead atoms. The monoisotopic (exact) mass is 203 g/mol. The quantitative estimate of drug-likeness (QED) is 0.547. The summed E-state index contributed by atoms with van der Waals surface area (Å²) in [5, 5.41) is 10.9. The zero-order chi connectivity index (χ0) is 10.7. The van der Waals surface area contributed by atoms with Crippen LogP contribution in [0, 0.1) is 10.1 Å². The number of nitro groups is 1. The molecule has 3 heteroatoms. The van der Waals surface area contributed by atoms with Crippen LogP contribution in [0.1, 0.15) is 30.7 Å². The fraction of sp³-hybridized carbons (Fsp3) is 0.333. The molecule has 15 heavy (non-hydrogen) atoms. The summed E-state index contributed by atoms with van der Waals surface area (Å²) < 4.78 is 0. The van der Waals surface area contributed by atoms with Crippen LogP contribution in [-0.4, -0.2) is 4.92 Å². The molecule has 0 radical (unpaired) electrons. The lowest BCUT2D eigenvalue weighted by molar-refractivity contribution is -0.431. The Morgan fingerprint density at radius 2 is 2.00 bits per heavy atom. The van der Waals surface area contributed by atoms with E-state index in [0.29, 0.717) is 5.70 Å². The molecule has 1 aliphatic rings. The van der Waals surface area contributed by atoms with Gasteiger partial charge in [0.1, 0.15) is 0 Å². The Morgan fingerprint density at radius 3 is 2.67 bits per heavy atom. The van der Waals surface area contributed by atoms with Gasteiger partial charge in [0.2, 0.25) is 5.70 Å². The minimum Gasteiger partial charge on any atom is -0.259 e. The van der Waals surface area contributed by atoms with Gasteiger partial charge in [0, 0.05) is 0 Å². The van der Waals surface area contributed by atoms with Crippen molar-refractivity contribution in [1.82, 2.24) is 0 Å². The van der Waals surface area contributed by atoms with Gasteiger partial charge in [0.15, 0.2) is 0 Å². The first-order chi connectivity index (χ1) is 7.29. The highest BCUT2D eigenvalue weighted by atomic mass is 16.6. The summed E-state index contributed by atoms with van der Waals surface area (Å²) in [7, 11) is 0. The first kappa shape index (κ1) is 9.90. The Morgan fingerprint density at radius 1 is 1.27 bits per heavy atom. The standard InChI is InChI=1S/C12H13NO2/c14-13(15)12-9-5-4-8-11(12)10-6-2-1-3-7-10/h1-3,6-7,9,11H,4-5,8H2/t11-/m0/s1. The Balaban J connectivity index is 2.32. The van der Waals surface area contributed by atoms with Crippen molar-refractivity contribution in [2.24, 2.45) is 0 Å². The molecular formula is C12H13NO2. The van der Waals surface area contributed by atoms with E-state index in [9.17, 15) is 10.1 Å². The molecule has 0 aliphatic heterocycles. The van der Waals surface area contributed by atoms with Crippen molar-refractivity contribution in [1.29, 1.82) is 0 Å². The van der Waals surface area contributed by atoms with E-state index in [1.54, 1.807) is 6.08 Å². The van der Waals surface area contributed by atoms with E-state index in [2.05, 4.69) is 0 Å². The lowest BCUT2D eigenvalue weighted by Crippen LogP contribution is -2.13. The second-order valence-corrected chi connectivity index (χ2v) is 3.78. The number of allylic oxidation sites excluding steroid dienone is 2. The molecule has 78 valence electrons. The second-order valence-electron chi connectivity index (χ2n) is 3.78. The van der Waals surface area contributed by atoms with Crippen LogP contribution in [0.25, 0.3) is 0 Å². The average molecular weight is 203 g/mol. The summed E-state index contributed by atoms with van der Waals surface area (Å²) in [6.45, 7) is 0. The minimum atomic E-state index is -0.239. The first-order valence-electron chi connectivity index (χ1n) is 5.18. The van der Waals surface area contributed by atoms with Crippen molar-refractivity contribution in [3.05, 3.63) is 57.8 Å². The van der Waals surface area contributed by atoms with Crippen molar-refractivity contribution in [3.8, 4) is 0 Å². The molecule has 0 heterocycles. The summed E-state index contributed by atoms with van der Waals surface area (Å²) >= 11 is 0. The third-order valence-corrected chi connectivity index (χ3v) is 2.82. The van der Waals surface area contributed by atoms with E-state index in [1.165, 1.54) is 0 Å². The highest BCUT2D eigenvalue weighted by Gasteiger charge is 2.28. The molecule has 0 amide bonds. The summed E-state index contributed by atoms with van der Waals surface area (Å²) in [6.07, 6.45) is 4.52. The van der Waals surface area contributed by atoms with E-state index in [4.69, 9.17) is 0 Å². The molecule has 2 rings (SSSR count). The second kappa shape index (κ2) is 4.26. The van der Waals surface area contributed by atoms with Gasteiger partial charge >= 0.3 is 0 Å². The average Bonchev–Trinajstić information content (AvgIpc) is 2.30. The predicted octanol–water partition coefficient (Wildman–Crippen LogP) is 3.11. The summed E-state index contributed by atoms with van der Waals surface area (Å²) in [5.41, 5.74) is 1.42. The number of hydrogen-bond donors (Lipinski definition) is 0. The van der Waals surface area contributed by atoms with E-state index in [-0.39, 0.29) is 10.8 Å². The zero-order valence-electron chi connectivity index (χ0n) is 8.43. The molecule has 0 saturated carbocycles. The van der Waals surface area contributed by atoms with Crippen LogP contribution < -0.4 is 0 Å². The van der Waals surface area contributed by atoms with E-state index in [1.807, 2.05) is 30.3 Å². The maximum atomic E-state index is 10.9. The van der Waals surface area contributed by atoms with E-state index >= 15 is 0 Å².